The molecule has 0 amide bonds. The van der Waals surface area contributed by atoms with E-state index in [4.69, 9.17) is 27.9 Å². The molecule has 1 saturated heterocycles. The van der Waals surface area contributed by atoms with Crippen molar-refractivity contribution >= 4 is 61.3 Å². The molecule has 1 unspecified atom stereocenters. The molecule has 0 saturated carbocycles. The smallest absolute Gasteiger partial charge is 0.337 e. The van der Waals surface area contributed by atoms with E-state index in [1.807, 2.05) is 0 Å². The van der Waals surface area contributed by atoms with Gasteiger partial charge in [-0.1, -0.05) is 23.2 Å². The molecule has 3 N–H and O–H groups in total. The van der Waals surface area contributed by atoms with Gasteiger partial charge < -0.3 is 15.2 Å². The molecule has 1 atom stereocenters. The summed E-state index contributed by atoms with van der Waals surface area (Å²) in [5, 5.41) is 15.6. The Hall–Kier alpha value is -2.43. The number of morpholine rings is 1. The number of benzene rings is 2. The van der Waals surface area contributed by atoms with E-state index in [0.717, 1.165) is 0 Å². The molecular formula is C20H17Cl2N3O5S. The van der Waals surface area contributed by atoms with E-state index in [0.29, 0.717) is 39.8 Å². The zero-order chi connectivity index (χ0) is 22.2. The monoisotopic (exact) mass is 481 g/mol. The first kappa shape index (κ1) is 21.8. The van der Waals surface area contributed by atoms with Gasteiger partial charge in [0.05, 0.1) is 35.7 Å². The number of sulfone groups is 1. The zero-order valence-electron chi connectivity index (χ0n) is 15.9. The lowest BCUT2D eigenvalue weighted by Gasteiger charge is -2.24. The predicted octanol–water partition coefficient (Wildman–Crippen LogP) is 3.70. The number of hydrogen-bond acceptors (Lipinski definition) is 7. The number of carboxylic acid groups (broad SMARTS) is 1. The van der Waals surface area contributed by atoms with Crippen molar-refractivity contribution in [3.63, 3.8) is 0 Å². The fraction of sp³-hybridized carbons (Fsp3) is 0.200. The molecule has 0 radical (unpaired) electrons. The molecule has 1 fully saturated rings. The molecule has 1 aromatic heterocycles. The number of carbonyl (C=O) groups is 1. The van der Waals surface area contributed by atoms with Gasteiger partial charge in [0.1, 0.15) is 5.37 Å². The van der Waals surface area contributed by atoms with Gasteiger partial charge in [-0.2, -0.15) is 0 Å². The SMILES string of the molecule is O=C(O)c1ccc(Cl)cc1Nc1cc(S(=O)(=O)C2COCCN2)nc2ccc(Cl)cc12. The maximum Gasteiger partial charge on any atom is 0.337 e. The molecule has 2 aromatic carbocycles. The number of halogens is 2. The number of aromatic nitrogens is 1. The second-order valence-electron chi connectivity index (χ2n) is 6.85. The maximum atomic E-state index is 13.2. The Morgan fingerprint density at radius 3 is 2.58 bits per heavy atom. The summed E-state index contributed by atoms with van der Waals surface area (Å²) in [6.07, 6.45) is 0. The van der Waals surface area contributed by atoms with Crippen LogP contribution >= 0.6 is 23.2 Å². The lowest BCUT2D eigenvalue weighted by Crippen LogP contribution is -2.46. The lowest BCUT2D eigenvalue weighted by atomic mass is 10.1. The Balaban J connectivity index is 1.87. The Kier molecular flexibility index (Phi) is 6.05. The summed E-state index contributed by atoms with van der Waals surface area (Å²) in [7, 11) is -3.88. The van der Waals surface area contributed by atoms with Crippen LogP contribution in [-0.2, 0) is 14.6 Å². The van der Waals surface area contributed by atoms with Crippen molar-refractivity contribution in [1.82, 2.24) is 10.3 Å². The third kappa shape index (κ3) is 4.46. The van der Waals surface area contributed by atoms with E-state index in [1.54, 1.807) is 18.2 Å². The Morgan fingerprint density at radius 2 is 1.87 bits per heavy atom. The highest BCUT2D eigenvalue weighted by Crippen LogP contribution is 2.33. The third-order valence-electron chi connectivity index (χ3n) is 4.78. The van der Waals surface area contributed by atoms with E-state index >= 15 is 0 Å². The van der Waals surface area contributed by atoms with E-state index in [-0.39, 0.29) is 22.9 Å². The summed E-state index contributed by atoms with van der Waals surface area (Å²) < 4.78 is 31.6. The van der Waals surface area contributed by atoms with Crippen LogP contribution in [0.25, 0.3) is 10.9 Å². The average molecular weight is 482 g/mol. The number of aromatic carboxylic acids is 1. The minimum atomic E-state index is -3.88. The van der Waals surface area contributed by atoms with Crippen LogP contribution in [0.1, 0.15) is 10.4 Å². The summed E-state index contributed by atoms with van der Waals surface area (Å²) >= 11 is 12.2. The van der Waals surface area contributed by atoms with E-state index in [2.05, 4.69) is 15.6 Å². The second kappa shape index (κ2) is 8.60. The molecule has 2 heterocycles. The van der Waals surface area contributed by atoms with Crippen molar-refractivity contribution in [2.45, 2.75) is 10.4 Å². The first-order valence-electron chi connectivity index (χ1n) is 9.21. The van der Waals surface area contributed by atoms with Crippen LogP contribution in [-0.4, -0.2) is 49.6 Å². The molecular weight excluding hydrogens is 465 g/mol. The van der Waals surface area contributed by atoms with Crippen LogP contribution in [0.15, 0.2) is 47.5 Å². The molecule has 162 valence electrons. The van der Waals surface area contributed by atoms with Gasteiger partial charge >= 0.3 is 5.97 Å². The summed E-state index contributed by atoms with van der Waals surface area (Å²) in [6, 6.07) is 10.5. The average Bonchev–Trinajstić information content (AvgIpc) is 2.74. The number of fused-ring (bicyclic) bond motifs is 1. The summed E-state index contributed by atoms with van der Waals surface area (Å²) in [6.45, 7) is 0.834. The maximum absolute atomic E-state index is 13.2. The quantitative estimate of drug-likeness (QED) is 0.504. The van der Waals surface area contributed by atoms with E-state index in [1.165, 1.54) is 24.3 Å². The molecule has 11 heteroatoms. The summed E-state index contributed by atoms with van der Waals surface area (Å²) in [5.74, 6) is -1.16. The molecule has 1 aliphatic rings. The fourth-order valence-corrected chi connectivity index (χ4v) is 5.02. The van der Waals surface area contributed by atoms with Crippen molar-refractivity contribution in [3.8, 4) is 0 Å². The number of carboxylic acids is 1. The van der Waals surface area contributed by atoms with Crippen molar-refractivity contribution in [2.24, 2.45) is 0 Å². The normalized spacial score (nSPS) is 16.9. The van der Waals surface area contributed by atoms with Gasteiger partial charge in [-0.05, 0) is 42.5 Å². The molecule has 31 heavy (non-hydrogen) atoms. The van der Waals surface area contributed by atoms with Gasteiger partial charge in [-0.15, -0.1) is 0 Å². The highest BCUT2D eigenvalue weighted by Gasteiger charge is 2.31. The van der Waals surface area contributed by atoms with Crippen LogP contribution in [0, 0.1) is 0 Å². The highest BCUT2D eigenvalue weighted by molar-refractivity contribution is 7.92. The number of pyridine rings is 1. The minimum absolute atomic E-state index is 0.00286. The van der Waals surface area contributed by atoms with Gasteiger partial charge in [-0.3, -0.25) is 5.32 Å². The van der Waals surface area contributed by atoms with Gasteiger partial charge in [0.15, 0.2) is 5.03 Å². The predicted molar refractivity (Wildman–Crippen MR) is 118 cm³/mol. The van der Waals surface area contributed by atoms with Crippen molar-refractivity contribution in [3.05, 3.63) is 58.1 Å². The third-order valence-corrected chi connectivity index (χ3v) is 7.10. The molecule has 8 nitrogen and oxygen atoms in total. The Morgan fingerprint density at radius 1 is 1.13 bits per heavy atom. The van der Waals surface area contributed by atoms with Crippen LogP contribution in [0.2, 0.25) is 10.0 Å². The Labute approximate surface area is 188 Å². The first-order chi connectivity index (χ1) is 14.8. The lowest BCUT2D eigenvalue weighted by molar-refractivity contribution is 0.0698. The van der Waals surface area contributed by atoms with E-state index < -0.39 is 21.2 Å². The van der Waals surface area contributed by atoms with Crippen LogP contribution < -0.4 is 10.6 Å². The van der Waals surface area contributed by atoms with Gasteiger partial charge in [0.2, 0.25) is 9.84 Å². The number of nitrogens with zero attached hydrogens (tertiary/aromatic N) is 1. The number of rotatable bonds is 5. The van der Waals surface area contributed by atoms with Crippen LogP contribution in [0.4, 0.5) is 11.4 Å². The molecule has 1 aliphatic heterocycles. The first-order valence-corrected chi connectivity index (χ1v) is 11.5. The van der Waals surface area contributed by atoms with Gasteiger partial charge in [-0.25, -0.2) is 18.2 Å². The number of nitrogens with one attached hydrogen (secondary N) is 2. The number of hydrogen-bond donors (Lipinski definition) is 3. The van der Waals surface area contributed by atoms with Crippen molar-refractivity contribution in [2.75, 3.05) is 25.1 Å². The molecule has 4 rings (SSSR count). The minimum Gasteiger partial charge on any atom is -0.478 e. The van der Waals surface area contributed by atoms with Crippen LogP contribution in [0.3, 0.4) is 0 Å². The van der Waals surface area contributed by atoms with Crippen molar-refractivity contribution < 1.29 is 23.1 Å². The summed E-state index contributed by atoms with van der Waals surface area (Å²) in [5.41, 5.74) is 0.884. The number of ether oxygens (including phenoxy) is 1. The number of anilines is 2. The van der Waals surface area contributed by atoms with Gasteiger partial charge in [0.25, 0.3) is 0 Å². The fourth-order valence-electron chi connectivity index (χ4n) is 3.26. The molecule has 3 aromatic rings. The van der Waals surface area contributed by atoms with Crippen LogP contribution in [0.5, 0.6) is 0 Å². The molecule has 0 spiro atoms. The molecule has 0 bridgehead atoms. The summed E-state index contributed by atoms with van der Waals surface area (Å²) in [4.78, 5) is 16.0. The second-order valence-corrected chi connectivity index (χ2v) is 9.80. The largest absolute Gasteiger partial charge is 0.478 e. The highest BCUT2D eigenvalue weighted by atomic mass is 35.5. The zero-order valence-corrected chi connectivity index (χ0v) is 18.3. The Bertz CT molecular complexity index is 1280. The van der Waals surface area contributed by atoms with Crippen molar-refractivity contribution in [1.29, 1.82) is 0 Å². The van der Waals surface area contributed by atoms with E-state index in [9.17, 15) is 18.3 Å². The standard InChI is InChI=1S/C20H17Cl2N3O5S/c21-11-2-4-15-14(7-11)17(24-16-8-12(22)1-3-13(16)20(26)27)9-18(25-15)31(28,29)19-10-30-6-5-23-19/h1-4,7-9,19,23H,5-6,10H2,(H,24,25)(H,26,27). The topological polar surface area (TPSA) is 118 Å². The van der Waals surface area contributed by atoms with Gasteiger partial charge in [0, 0.05) is 22.0 Å². The molecule has 0 aliphatic carbocycles.